The molecule has 2 aromatic heterocycles. The zero-order valence-corrected chi connectivity index (χ0v) is 23.5. The van der Waals surface area contributed by atoms with E-state index in [1.54, 1.807) is 0 Å². The van der Waals surface area contributed by atoms with E-state index >= 15 is 0 Å². The average molecular weight is 569 g/mol. The maximum Gasteiger partial charge on any atom is 0.227 e. The molecule has 0 atom stereocenters. The quantitative estimate of drug-likeness (QED) is 0.211. The van der Waals surface area contributed by atoms with Crippen LogP contribution in [-0.4, -0.2) is 14.5 Å². The largest absolute Gasteiger partial charge is 0.453 e. The number of aromatic nitrogens is 3. The summed E-state index contributed by atoms with van der Waals surface area (Å²) in [5, 5.41) is 0. The lowest BCUT2D eigenvalue weighted by atomic mass is 10.0. The van der Waals surface area contributed by atoms with Gasteiger partial charge in [-0.15, -0.1) is 0 Å². The molecule has 3 heterocycles. The highest BCUT2D eigenvalue weighted by Gasteiger charge is 2.27. The molecular weight excluding hydrogens is 544 g/mol. The fourth-order valence-electron chi connectivity index (χ4n) is 6.03. The first-order valence-corrected chi connectivity index (χ1v) is 14.5. The van der Waals surface area contributed by atoms with Crippen molar-refractivity contribution in [3.8, 4) is 40.0 Å². The van der Waals surface area contributed by atoms with Crippen LogP contribution in [0.15, 0.2) is 150 Å². The highest BCUT2D eigenvalue weighted by Crippen LogP contribution is 2.51. The molecule has 0 saturated carbocycles. The molecule has 0 saturated heterocycles. The van der Waals surface area contributed by atoms with Gasteiger partial charge in [0.2, 0.25) is 5.89 Å². The van der Waals surface area contributed by atoms with E-state index in [2.05, 4.69) is 82.3 Å². The maximum absolute atomic E-state index is 6.33. The minimum absolute atomic E-state index is 0.548. The topological polar surface area (TPSA) is 56.3 Å². The predicted molar refractivity (Wildman–Crippen MR) is 174 cm³/mol. The number of imidazole rings is 1. The molecule has 6 aromatic carbocycles. The van der Waals surface area contributed by atoms with Crippen LogP contribution in [0, 0.1) is 0 Å². The second kappa shape index (κ2) is 9.71. The monoisotopic (exact) mass is 568 g/mol. The van der Waals surface area contributed by atoms with Gasteiger partial charge in [-0.2, -0.15) is 0 Å². The molecule has 0 amide bonds. The third kappa shape index (κ3) is 3.89. The van der Waals surface area contributed by atoms with Crippen LogP contribution in [0.25, 0.3) is 50.7 Å². The van der Waals surface area contributed by atoms with E-state index in [-0.39, 0.29) is 0 Å². The van der Waals surface area contributed by atoms with E-state index in [4.69, 9.17) is 19.1 Å². The summed E-state index contributed by atoms with van der Waals surface area (Å²) in [6.45, 7) is 0. The molecule has 208 valence electrons. The van der Waals surface area contributed by atoms with Crippen molar-refractivity contribution in [2.45, 2.75) is 0 Å². The fraction of sp³-hybridized carbons (Fsp3) is 0. The van der Waals surface area contributed by atoms with E-state index in [0.29, 0.717) is 5.89 Å². The van der Waals surface area contributed by atoms with E-state index in [9.17, 15) is 0 Å². The van der Waals surface area contributed by atoms with E-state index in [1.807, 2.05) is 72.8 Å². The van der Waals surface area contributed by atoms with Gasteiger partial charge >= 0.3 is 0 Å². The van der Waals surface area contributed by atoms with Crippen molar-refractivity contribution in [2.75, 3.05) is 4.90 Å². The first kappa shape index (κ1) is 24.5. The van der Waals surface area contributed by atoms with Gasteiger partial charge in [0.25, 0.3) is 0 Å². The Morgan fingerprint density at radius 2 is 1.14 bits per heavy atom. The molecule has 8 aromatic rings. The number of ether oxygens (including phenoxy) is 1. The molecular formula is C38H24N4O2. The van der Waals surface area contributed by atoms with Crippen LogP contribution in [0.2, 0.25) is 0 Å². The lowest BCUT2D eigenvalue weighted by Crippen LogP contribution is -2.16. The lowest BCUT2D eigenvalue weighted by molar-refractivity contribution is 0.477. The van der Waals surface area contributed by atoms with Crippen molar-refractivity contribution < 1.29 is 9.15 Å². The number of benzene rings is 6. The molecule has 0 fully saturated rings. The van der Waals surface area contributed by atoms with Crippen LogP contribution >= 0.6 is 0 Å². The number of anilines is 3. The Morgan fingerprint density at radius 3 is 1.91 bits per heavy atom. The Morgan fingerprint density at radius 1 is 0.500 bits per heavy atom. The summed E-state index contributed by atoms with van der Waals surface area (Å²) in [5.74, 6) is 2.95. The number of para-hydroxylation sites is 9. The molecule has 0 spiro atoms. The normalized spacial score (nSPS) is 12.2. The van der Waals surface area contributed by atoms with Crippen LogP contribution < -0.4 is 9.64 Å². The van der Waals surface area contributed by atoms with Gasteiger partial charge in [0.05, 0.1) is 22.4 Å². The second-order valence-electron chi connectivity index (χ2n) is 10.7. The number of hydrogen-bond donors (Lipinski definition) is 0. The number of nitrogens with zero attached hydrogens (tertiary/aromatic N) is 4. The maximum atomic E-state index is 6.33. The summed E-state index contributed by atoms with van der Waals surface area (Å²) in [6.07, 6.45) is 0. The first-order chi connectivity index (χ1) is 21.8. The van der Waals surface area contributed by atoms with Gasteiger partial charge < -0.3 is 14.1 Å². The molecule has 0 aliphatic carbocycles. The van der Waals surface area contributed by atoms with Crippen molar-refractivity contribution in [3.63, 3.8) is 0 Å². The summed E-state index contributed by atoms with van der Waals surface area (Å²) < 4.78 is 14.9. The first-order valence-electron chi connectivity index (χ1n) is 14.5. The standard InChI is InChI=1S/C38H24N4O2/c1-2-12-27(13-3-1)42-31-16-6-4-14-29(31)39-37(42)25-22-26(38-40-30-15-5-9-19-34(30)44-38)24-28(23-25)41-32-17-7-10-20-35(32)43-36-21-11-8-18-33(36)41/h1-24H. The minimum Gasteiger partial charge on any atom is -0.453 e. The summed E-state index contributed by atoms with van der Waals surface area (Å²) in [5.41, 5.74) is 9.16. The fourth-order valence-corrected chi connectivity index (χ4v) is 6.03. The van der Waals surface area contributed by atoms with Crippen LogP contribution in [0.4, 0.5) is 17.1 Å². The molecule has 9 rings (SSSR count). The molecule has 0 radical (unpaired) electrons. The Labute approximate surface area is 253 Å². The van der Waals surface area contributed by atoms with Crippen LogP contribution in [0.5, 0.6) is 11.5 Å². The molecule has 0 N–H and O–H groups in total. The minimum atomic E-state index is 0.548. The highest BCUT2D eigenvalue weighted by molar-refractivity contribution is 5.91. The van der Waals surface area contributed by atoms with Crippen molar-refractivity contribution in [1.82, 2.24) is 14.5 Å². The number of oxazole rings is 1. The van der Waals surface area contributed by atoms with Gasteiger partial charge in [-0.05, 0) is 78.9 Å². The van der Waals surface area contributed by atoms with Crippen molar-refractivity contribution >= 4 is 39.2 Å². The molecule has 0 unspecified atom stereocenters. The van der Waals surface area contributed by atoms with Gasteiger partial charge in [-0.25, -0.2) is 9.97 Å². The second-order valence-corrected chi connectivity index (χ2v) is 10.7. The zero-order valence-electron chi connectivity index (χ0n) is 23.5. The van der Waals surface area contributed by atoms with Gasteiger partial charge in [0, 0.05) is 22.5 Å². The SMILES string of the molecule is c1ccc(-n2c(-c3cc(-c4nc5ccccc5o4)cc(N4c5ccccc5Oc5ccccc54)c3)nc3ccccc32)cc1. The van der Waals surface area contributed by atoms with Gasteiger partial charge in [0.1, 0.15) is 11.3 Å². The Hall–Kier alpha value is -6.14. The summed E-state index contributed by atoms with van der Waals surface area (Å²) in [4.78, 5) is 12.3. The van der Waals surface area contributed by atoms with Crippen molar-refractivity contribution in [3.05, 3.63) is 146 Å². The third-order valence-electron chi connectivity index (χ3n) is 7.98. The number of hydrogen-bond acceptors (Lipinski definition) is 5. The average Bonchev–Trinajstić information content (AvgIpc) is 3.70. The van der Waals surface area contributed by atoms with Gasteiger partial charge in [-0.3, -0.25) is 4.57 Å². The lowest BCUT2D eigenvalue weighted by Gasteiger charge is -2.33. The highest BCUT2D eigenvalue weighted by atomic mass is 16.5. The molecule has 6 heteroatoms. The smallest absolute Gasteiger partial charge is 0.227 e. The van der Waals surface area contributed by atoms with Crippen LogP contribution in [-0.2, 0) is 0 Å². The Balaban J connectivity index is 1.34. The molecule has 6 nitrogen and oxygen atoms in total. The molecule has 44 heavy (non-hydrogen) atoms. The van der Waals surface area contributed by atoms with Crippen LogP contribution in [0.1, 0.15) is 0 Å². The van der Waals surface area contributed by atoms with Crippen LogP contribution in [0.3, 0.4) is 0 Å². The van der Waals surface area contributed by atoms with E-state index in [1.165, 1.54) is 0 Å². The van der Waals surface area contributed by atoms with Gasteiger partial charge in [0.15, 0.2) is 17.1 Å². The molecule has 0 bridgehead atoms. The summed E-state index contributed by atoms with van der Waals surface area (Å²) in [7, 11) is 0. The van der Waals surface area contributed by atoms with Crippen molar-refractivity contribution in [2.24, 2.45) is 0 Å². The van der Waals surface area contributed by atoms with Crippen molar-refractivity contribution in [1.29, 1.82) is 0 Å². The summed E-state index contributed by atoms with van der Waals surface area (Å²) >= 11 is 0. The Bertz CT molecular complexity index is 2260. The number of rotatable bonds is 4. The summed E-state index contributed by atoms with van der Waals surface area (Å²) in [6, 6.07) is 49.1. The zero-order chi connectivity index (χ0) is 29.0. The molecule has 1 aliphatic rings. The van der Waals surface area contributed by atoms with Gasteiger partial charge in [-0.1, -0.05) is 66.7 Å². The van der Waals surface area contributed by atoms with E-state index in [0.717, 1.165) is 73.3 Å². The third-order valence-corrected chi connectivity index (χ3v) is 7.98. The molecule has 1 aliphatic heterocycles. The Kier molecular flexibility index (Phi) is 5.40. The van der Waals surface area contributed by atoms with E-state index < -0.39 is 0 Å². The number of fused-ring (bicyclic) bond motifs is 4. The predicted octanol–water partition coefficient (Wildman–Crippen LogP) is 10.1.